The van der Waals surface area contributed by atoms with Gasteiger partial charge in [0.25, 0.3) is 0 Å². The van der Waals surface area contributed by atoms with Crippen LogP contribution in [0.3, 0.4) is 0 Å². The molecule has 0 aromatic heterocycles. The van der Waals surface area contributed by atoms with E-state index < -0.39 is 13.1 Å². The summed E-state index contributed by atoms with van der Waals surface area (Å²) in [6.45, 7) is 1.57. The summed E-state index contributed by atoms with van der Waals surface area (Å²) in [7, 11) is -0.757. The second-order valence-corrected chi connectivity index (χ2v) is 3.12. The van der Waals surface area contributed by atoms with Crippen LogP contribution in [0.25, 0.3) is 0 Å². The van der Waals surface area contributed by atoms with Crippen LogP contribution in [-0.4, -0.2) is 35.1 Å². The first-order valence-electron chi connectivity index (χ1n) is 4.04. The molecule has 64 valence electrons. The van der Waals surface area contributed by atoms with Gasteiger partial charge in [0.1, 0.15) is 6.10 Å². The Bertz CT molecular complexity index is 241. The van der Waals surface area contributed by atoms with Crippen molar-refractivity contribution in [1.29, 1.82) is 0 Å². The monoisotopic (exact) mass is 167 g/mol. The van der Waals surface area contributed by atoms with Gasteiger partial charge in [-0.1, -0.05) is 6.08 Å². The molecule has 0 spiro atoms. The maximum absolute atomic E-state index is 11.1. The van der Waals surface area contributed by atoms with E-state index in [-0.39, 0.29) is 12.1 Å². The van der Waals surface area contributed by atoms with Crippen LogP contribution >= 0.6 is 0 Å². The van der Waals surface area contributed by atoms with Gasteiger partial charge in [0.05, 0.1) is 6.04 Å². The lowest BCUT2D eigenvalue weighted by Crippen LogP contribution is -2.44. The third-order valence-corrected chi connectivity index (χ3v) is 2.29. The van der Waals surface area contributed by atoms with Crippen LogP contribution in [0.15, 0.2) is 12.2 Å². The van der Waals surface area contributed by atoms with E-state index in [1.54, 1.807) is 6.82 Å². The van der Waals surface area contributed by atoms with Crippen LogP contribution < -0.4 is 0 Å². The maximum Gasteiger partial charge on any atom is 0.414 e. The lowest BCUT2D eigenvalue weighted by atomic mass is 9.83. The number of carbonyl (C=O) groups is 1. The van der Waals surface area contributed by atoms with Crippen LogP contribution in [0, 0.1) is 0 Å². The summed E-state index contributed by atoms with van der Waals surface area (Å²) in [6.07, 6.45) is 4.06. The van der Waals surface area contributed by atoms with Crippen molar-refractivity contribution in [2.24, 2.45) is 0 Å². The van der Waals surface area contributed by atoms with Crippen molar-refractivity contribution in [2.45, 2.75) is 25.4 Å². The standard InChI is InChI=1S/C7H10BNO3/c1-8(11)9-5-3-2-4-6(5)12-7(9)10/h2,4-6,11H,3H2,1H3/t5?,6-/m0/s1. The molecule has 1 aliphatic heterocycles. The number of nitrogens with zero attached hydrogens (tertiary/aromatic N) is 1. The zero-order chi connectivity index (χ0) is 8.72. The molecule has 1 aliphatic carbocycles. The van der Waals surface area contributed by atoms with E-state index in [0.29, 0.717) is 0 Å². The van der Waals surface area contributed by atoms with Crippen molar-refractivity contribution in [1.82, 2.24) is 4.81 Å². The van der Waals surface area contributed by atoms with Crippen LogP contribution in [0.1, 0.15) is 6.42 Å². The lowest BCUT2D eigenvalue weighted by Gasteiger charge is -2.20. The highest BCUT2D eigenvalue weighted by atomic mass is 16.6. The summed E-state index contributed by atoms with van der Waals surface area (Å²) >= 11 is 0. The first-order chi connectivity index (χ1) is 5.70. The number of carbonyl (C=O) groups excluding carboxylic acids is 1. The molecule has 2 atom stereocenters. The van der Waals surface area contributed by atoms with Crippen LogP contribution in [0.5, 0.6) is 0 Å². The summed E-state index contributed by atoms with van der Waals surface area (Å²) in [4.78, 5) is 12.5. The third-order valence-electron chi connectivity index (χ3n) is 2.29. The molecule has 1 heterocycles. The first-order valence-corrected chi connectivity index (χ1v) is 4.04. The molecule has 1 amide bonds. The van der Waals surface area contributed by atoms with E-state index in [4.69, 9.17) is 4.74 Å². The second kappa shape index (κ2) is 2.52. The minimum Gasteiger partial charge on any atom is -0.440 e. The molecular formula is C7H10BNO3. The zero-order valence-corrected chi connectivity index (χ0v) is 6.80. The largest absolute Gasteiger partial charge is 0.440 e. The second-order valence-electron chi connectivity index (χ2n) is 3.12. The number of hydrogen-bond donors (Lipinski definition) is 1. The Balaban J connectivity index is 2.19. The van der Waals surface area contributed by atoms with E-state index in [1.165, 1.54) is 4.81 Å². The topological polar surface area (TPSA) is 49.8 Å². The highest BCUT2D eigenvalue weighted by molar-refractivity contribution is 6.49. The van der Waals surface area contributed by atoms with Gasteiger partial charge < -0.3 is 14.6 Å². The number of ether oxygens (including phenoxy) is 1. The normalized spacial score (nSPS) is 32.2. The molecule has 0 saturated carbocycles. The van der Waals surface area contributed by atoms with Gasteiger partial charge in [-0.05, 0) is 19.3 Å². The fraction of sp³-hybridized carbons (Fsp3) is 0.571. The minimum atomic E-state index is -0.757. The van der Waals surface area contributed by atoms with Crippen LogP contribution in [0.4, 0.5) is 4.79 Å². The van der Waals surface area contributed by atoms with Gasteiger partial charge in [-0.2, -0.15) is 0 Å². The quantitative estimate of drug-likeness (QED) is 0.449. The zero-order valence-electron chi connectivity index (χ0n) is 6.80. The first kappa shape index (κ1) is 7.67. The summed E-state index contributed by atoms with van der Waals surface area (Å²) in [5, 5.41) is 9.27. The number of fused-ring (bicyclic) bond motifs is 1. The summed E-state index contributed by atoms with van der Waals surface area (Å²) in [6, 6.07) is 0.0116. The average molecular weight is 167 g/mol. The molecule has 0 aromatic rings. The molecule has 0 aromatic carbocycles. The molecule has 1 fully saturated rings. The molecule has 4 nitrogen and oxygen atoms in total. The predicted molar refractivity (Wildman–Crippen MR) is 43.5 cm³/mol. The van der Waals surface area contributed by atoms with Crippen molar-refractivity contribution in [3.8, 4) is 0 Å². The maximum atomic E-state index is 11.1. The van der Waals surface area contributed by atoms with Crippen molar-refractivity contribution in [3.63, 3.8) is 0 Å². The van der Waals surface area contributed by atoms with Gasteiger partial charge in [-0.25, -0.2) is 4.79 Å². The number of hydrogen-bond acceptors (Lipinski definition) is 3. The van der Waals surface area contributed by atoms with Gasteiger partial charge in [-0.15, -0.1) is 0 Å². The Morgan fingerprint density at radius 3 is 3.25 bits per heavy atom. The Kier molecular flexibility index (Phi) is 1.61. The lowest BCUT2D eigenvalue weighted by molar-refractivity contribution is 0.151. The minimum absolute atomic E-state index is 0.0116. The van der Waals surface area contributed by atoms with Crippen LogP contribution in [-0.2, 0) is 4.74 Å². The molecule has 5 heteroatoms. The van der Waals surface area contributed by atoms with Crippen molar-refractivity contribution in [2.75, 3.05) is 0 Å². The van der Waals surface area contributed by atoms with E-state index >= 15 is 0 Å². The molecule has 0 radical (unpaired) electrons. The summed E-state index contributed by atoms with van der Waals surface area (Å²) in [5.41, 5.74) is 0. The number of rotatable bonds is 1. The van der Waals surface area contributed by atoms with Crippen molar-refractivity contribution >= 4 is 13.1 Å². The van der Waals surface area contributed by atoms with E-state index in [2.05, 4.69) is 0 Å². The fourth-order valence-corrected chi connectivity index (χ4v) is 1.75. The van der Waals surface area contributed by atoms with E-state index in [1.807, 2.05) is 12.2 Å². The van der Waals surface area contributed by atoms with Gasteiger partial charge in [-0.3, -0.25) is 0 Å². The molecule has 1 unspecified atom stereocenters. The molecule has 0 bridgehead atoms. The average Bonchev–Trinajstić information content (AvgIpc) is 2.44. The fourth-order valence-electron chi connectivity index (χ4n) is 1.75. The Morgan fingerprint density at radius 2 is 2.58 bits per heavy atom. The highest BCUT2D eigenvalue weighted by Gasteiger charge is 2.44. The van der Waals surface area contributed by atoms with Crippen molar-refractivity contribution < 1.29 is 14.6 Å². The SMILES string of the molecule is CB(O)N1C(=O)O[C@H]2C=CCC21. The highest BCUT2D eigenvalue weighted by Crippen LogP contribution is 2.28. The smallest absolute Gasteiger partial charge is 0.414 e. The van der Waals surface area contributed by atoms with Gasteiger partial charge >= 0.3 is 13.1 Å². The summed E-state index contributed by atoms with van der Waals surface area (Å²) in [5.74, 6) is 0. The van der Waals surface area contributed by atoms with Crippen molar-refractivity contribution in [3.05, 3.63) is 12.2 Å². The number of amides is 1. The third kappa shape index (κ3) is 0.931. The van der Waals surface area contributed by atoms with Gasteiger partial charge in [0.2, 0.25) is 0 Å². The van der Waals surface area contributed by atoms with Crippen LogP contribution in [0.2, 0.25) is 6.82 Å². The molecule has 1 saturated heterocycles. The molecular weight excluding hydrogens is 157 g/mol. The van der Waals surface area contributed by atoms with E-state index in [9.17, 15) is 9.82 Å². The molecule has 2 aliphatic rings. The Hall–Kier alpha value is -0.965. The molecule has 2 rings (SSSR count). The summed E-state index contributed by atoms with van der Waals surface area (Å²) < 4.78 is 5.00. The van der Waals surface area contributed by atoms with Gasteiger partial charge in [0, 0.05) is 0 Å². The van der Waals surface area contributed by atoms with E-state index in [0.717, 1.165) is 6.42 Å². The molecule has 1 N–H and O–H groups in total. The predicted octanol–water partition coefficient (Wildman–Crippen LogP) is 0.246. The Morgan fingerprint density at radius 1 is 1.83 bits per heavy atom. The Labute approximate surface area is 70.9 Å². The molecule has 12 heavy (non-hydrogen) atoms. The van der Waals surface area contributed by atoms with Gasteiger partial charge in [0.15, 0.2) is 0 Å².